The highest BCUT2D eigenvalue weighted by molar-refractivity contribution is 6.28. The number of phenolic OH excluding ortho intramolecular Hbond substituents is 1. The molecule has 0 saturated carbocycles. The molecule has 0 saturated heterocycles. The van der Waals surface area contributed by atoms with Crippen LogP contribution in [0.5, 0.6) is 5.75 Å². The minimum absolute atomic E-state index is 0.304. The molecule has 1 N–H and O–H groups in total. The first-order valence-electron chi connectivity index (χ1n) is 8.34. The number of benzene rings is 4. The van der Waals surface area contributed by atoms with Gasteiger partial charge >= 0.3 is 0 Å². The summed E-state index contributed by atoms with van der Waals surface area (Å²) < 4.78 is 6.18. The van der Waals surface area contributed by atoms with E-state index in [-0.39, 0.29) is 0 Å². The van der Waals surface area contributed by atoms with Crippen LogP contribution in [0.1, 0.15) is 12.8 Å². The molecular weight excluding hydrogens is 296 g/mol. The number of rotatable bonds is 0. The Hall–Kier alpha value is -3.00. The Labute approximate surface area is 137 Å². The predicted molar refractivity (Wildman–Crippen MR) is 99.0 cm³/mol. The van der Waals surface area contributed by atoms with Crippen molar-refractivity contribution in [3.05, 3.63) is 52.9 Å². The molecule has 0 radical (unpaired) electrons. The van der Waals surface area contributed by atoms with Crippen molar-refractivity contribution in [2.24, 2.45) is 0 Å². The zero-order chi connectivity index (χ0) is 15.8. The SMILES string of the molecule is Oc1ccc2cc3oc4cccc5c6c(c(c2c1)c3c45)=CCCC=6. The molecule has 0 amide bonds. The van der Waals surface area contributed by atoms with Crippen molar-refractivity contribution in [2.45, 2.75) is 12.8 Å². The molecule has 4 aromatic carbocycles. The summed E-state index contributed by atoms with van der Waals surface area (Å²) in [5, 5.41) is 19.7. The Bertz CT molecular complexity index is 1400. The third-order valence-corrected chi connectivity index (χ3v) is 5.30. The van der Waals surface area contributed by atoms with Crippen molar-refractivity contribution in [1.82, 2.24) is 0 Å². The van der Waals surface area contributed by atoms with E-state index in [0.29, 0.717) is 5.75 Å². The predicted octanol–water partition coefficient (Wildman–Crippen LogP) is 4.39. The molecule has 1 aliphatic rings. The number of fused-ring (bicyclic) bond motifs is 5. The van der Waals surface area contributed by atoms with Gasteiger partial charge in [-0.1, -0.05) is 30.4 Å². The fourth-order valence-electron chi connectivity index (χ4n) is 4.35. The lowest BCUT2D eigenvalue weighted by Gasteiger charge is -2.11. The Morgan fingerprint density at radius 1 is 0.750 bits per heavy atom. The highest BCUT2D eigenvalue weighted by atomic mass is 16.3. The largest absolute Gasteiger partial charge is 0.508 e. The number of phenols is 1. The van der Waals surface area contributed by atoms with Gasteiger partial charge < -0.3 is 9.52 Å². The van der Waals surface area contributed by atoms with E-state index in [1.807, 2.05) is 18.2 Å². The molecule has 1 aliphatic carbocycles. The van der Waals surface area contributed by atoms with Gasteiger partial charge in [0.15, 0.2) is 0 Å². The molecule has 0 bridgehead atoms. The van der Waals surface area contributed by atoms with Crippen LogP contribution in [-0.4, -0.2) is 5.11 Å². The van der Waals surface area contributed by atoms with Crippen LogP contribution in [0.25, 0.3) is 55.6 Å². The molecule has 6 rings (SSSR count). The monoisotopic (exact) mass is 310 g/mol. The number of aromatic hydroxyl groups is 1. The molecule has 114 valence electrons. The molecule has 0 unspecified atom stereocenters. The van der Waals surface area contributed by atoms with Crippen molar-refractivity contribution in [2.75, 3.05) is 0 Å². The minimum Gasteiger partial charge on any atom is -0.508 e. The summed E-state index contributed by atoms with van der Waals surface area (Å²) >= 11 is 0. The van der Waals surface area contributed by atoms with Crippen molar-refractivity contribution < 1.29 is 9.52 Å². The van der Waals surface area contributed by atoms with E-state index >= 15 is 0 Å². The van der Waals surface area contributed by atoms with Crippen LogP contribution in [-0.2, 0) is 0 Å². The Morgan fingerprint density at radius 2 is 1.62 bits per heavy atom. The molecule has 0 spiro atoms. The maximum Gasteiger partial charge on any atom is 0.136 e. The van der Waals surface area contributed by atoms with Gasteiger partial charge in [-0.3, -0.25) is 0 Å². The molecule has 0 fully saturated rings. The fourth-order valence-corrected chi connectivity index (χ4v) is 4.35. The average Bonchev–Trinajstić information content (AvgIpc) is 2.98. The standard InChI is InChI=1S/C22H14O2/c23-13-9-8-12-10-19-22-20(17(12)11-13)15-5-2-1-4-14(15)16-6-3-7-18(24-19)21(16)22/h3-11,23H,1-2H2. The molecule has 0 aliphatic heterocycles. The molecule has 24 heavy (non-hydrogen) atoms. The molecular formula is C22H14O2. The second-order valence-corrected chi connectivity index (χ2v) is 6.62. The lowest BCUT2D eigenvalue weighted by atomic mass is 9.91. The first-order chi connectivity index (χ1) is 11.8. The van der Waals surface area contributed by atoms with Crippen molar-refractivity contribution in [1.29, 1.82) is 0 Å². The van der Waals surface area contributed by atoms with Gasteiger partial charge in [0, 0.05) is 16.2 Å². The summed E-state index contributed by atoms with van der Waals surface area (Å²) in [6.45, 7) is 0. The molecule has 1 aromatic heterocycles. The van der Waals surface area contributed by atoms with Crippen LogP contribution in [0.15, 0.2) is 46.9 Å². The molecule has 5 aromatic rings. The van der Waals surface area contributed by atoms with Gasteiger partial charge in [-0.05, 0) is 63.7 Å². The van der Waals surface area contributed by atoms with Crippen LogP contribution in [0.2, 0.25) is 0 Å². The summed E-state index contributed by atoms with van der Waals surface area (Å²) in [4.78, 5) is 0. The second kappa shape index (κ2) is 4.09. The first-order valence-corrected chi connectivity index (χ1v) is 8.34. The zero-order valence-electron chi connectivity index (χ0n) is 13.0. The summed E-state index contributed by atoms with van der Waals surface area (Å²) in [6, 6.07) is 14.0. The van der Waals surface area contributed by atoms with Gasteiger partial charge in [-0.2, -0.15) is 0 Å². The summed E-state index contributed by atoms with van der Waals surface area (Å²) in [5.41, 5.74) is 1.87. The van der Waals surface area contributed by atoms with E-state index in [4.69, 9.17) is 4.42 Å². The smallest absolute Gasteiger partial charge is 0.136 e. The van der Waals surface area contributed by atoms with E-state index in [1.54, 1.807) is 6.07 Å². The summed E-state index contributed by atoms with van der Waals surface area (Å²) in [6.07, 6.45) is 6.80. The topological polar surface area (TPSA) is 33.4 Å². The van der Waals surface area contributed by atoms with Crippen LogP contribution in [0.3, 0.4) is 0 Å². The first kappa shape index (κ1) is 12.4. The van der Waals surface area contributed by atoms with Gasteiger partial charge in [-0.15, -0.1) is 0 Å². The van der Waals surface area contributed by atoms with Gasteiger partial charge in [0.05, 0.1) is 0 Å². The maximum absolute atomic E-state index is 10.0. The second-order valence-electron chi connectivity index (χ2n) is 6.62. The van der Waals surface area contributed by atoms with E-state index in [1.165, 1.54) is 32.0 Å². The van der Waals surface area contributed by atoms with Crippen LogP contribution in [0, 0.1) is 0 Å². The summed E-state index contributed by atoms with van der Waals surface area (Å²) in [5.74, 6) is 0.304. The van der Waals surface area contributed by atoms with Crippen molar-refractivity contribution in [3.63, 3.8) is 0 Å². The highest BCUT2D eigenvalue weighted by Gasteiger charge is 2.18. The number of furan rings is 1. The zero-order valence-corrected chi connectivity index (χ0v) is 13.0. The molecule has 2 nitrogen and oxygen atoms in total. The van der Waals surface area contributed by atoms with Gasteiger partial charge in [0.1, 0.15) is 16.9 Å². The fraction of sp³-hybridized carbons (Fsp3) is 0.0909. The van der Waals surface area contributed by atoms with Crippen LogP contribution < -0.4 is 10.4 Å². The summed E-state index contributed by atoms with van der Waals surface area (Å²) in [7, 11) is 0. The third-order valence-electron chi connectivity index (χ3n) is 5.30. The van der Waals surface area contributed by atoms with Crippen LogP contribution >= 0.6 is 0 Å². The third kappa shape index (κ3) is 1.37. The molecule has 0 atom stereocenters. The van der Waals surface area contributed by atoms with Crippen molar-refractivity contribution in [3.8, 4) is 5.75 Å². The lowest BCUT2D eigenvalue weighted by molar-refractivity contribution is 0.476. The van der Waals surface area contributed by atoms with Gasteiger partial charge in [0.2, 0.25) is 0 Å². The van der Waals surface area contributed by atoms with Gasteiger partial charge in [-0.25, -0.2) is 0 Å². The molecule has 1 heterocycles. The quantitative estimate of drug-likeness (QED) is 0.430. The van der Waals surface area contributed by atoms with Crippen LogP contribution in [0.4, 0.5) is 0 Å². The Balaban J connectivity index is 2.12. The number of hydrogen-bond donors (Lipinski definition) is 1. The number of hydrogen-bond acceptors (Lipinski definition) is 2. The van der Waals surface area contributed by atoms with E-state index in [9.17, 15) is 5.11 Å². The van der Waals surface area contributed by atoms with E-state index in [2.05, 4.69) is 30.4 Å². The Kier molecular flexibility index (Phi) is 2.12. The van der Waals surface area contributed by atoms with Crippen molar-refractivity contribution >= 4 is 55.6 Å². The van der Waals surface area contributed by atoms with E-state index < -0.39 is 0 Å². The van der Waals surface area contributed by atoms with Gasteiger partial charge in [0.25, 0.3) is 0 Å². The Morgan fingerprint density at radius 3 is 2.54 bits per heavy atom. The average molecular weight is 310 g/mol. The minimum atomic E-state index is 0.304. The maximum atomic E-state index is 10.0. The molecule has 2 heteroatoms. The highest BCUT2D eigenvalue weighted by Crippen LogP contribution is 2.38. The van der Waals surface area contributed by atoms with E-state index in [0.717, 1.165) is 34.8 Å². The lowest BCUT2D eigenvalue weighted by Crippen LogP contribution is -2.28. The normalized spacial score (nSPS) is 14.3.